The molecule has 1 aromatic heterocycles. The van der Waals surface area contributed by atoms with Crippen molar-refractivity contribution in [3.05, 3.63) is 40.7 Å². The zero-order chi connectivity index (χ0) is 13.3. The first-order chi connectivity index (χ1) is 8.52. The van der Waals surface area contributed by atoms with E-state index in [1.165, 1.54) is 12.7 Å². The second-order valence-corrected chi connectivity index (χ2v) is 4.29. The van der Waals surface area contributed by atoms with Gasteiger partial charge >= 0.3 is 5.97 Å². The molecule has 2 aromatic rings. The van der Waals surface area contributed by atoms with E-state index >= 15 is 0 Å². The van der Waals surface area contributed by atoms with E-state index < -0.39 is 5.97 Å². The highest BCUT2D eigenvalue weighted by molar-refractivity contribution is 5.86. The molecule has 0 fully saturated rings. The smallest absolute Gasteiger partial charge is 0.360 e. The number of ether oxygens (including phenoxy) is 1. The number of benzene rings is 1. The summed E-state index contributed by atoms with van der Waals surface area (Å²) in [6.07, 6.45) is 1.58. The third-order valence-corrected chi connectivity index (χ3v) is 2.75. The van der Waals surface area contributed by atoms with E-state index in [1.807, 2.05) is 20.8 Å². The Morgan fingerprint density at radius 3 is 2.39 bits per heavy atom. The quantitative estimate of drug-likeness (QED) is 0.759. The molecule has 0 saturated heterocycles. The van der Waals surface area contributed by atoms with Crippen LogP contribution in [0.5, 0.6) is 0 Å². The van der Waals surface area contributed by atoms with Crippen LogP contribution in [0.4, 0.5) is 0 Å². The Labute approximate surface area is 105 Å². The van der Waals surface area contributed by atoms with Crippen LogP contribution in [0, 0.1) is 20.8 Å². The van der Waals surface area contributed by atoms with Gasteiger partial charge in [-0.05, 0) is 31.9 Å². The van der Waals surface area contributed by atoms with Crippen molar-refractivity contribution in [2.45, 2.75) is 20.8 Å². The minimum Gasteiger partial charge on any atom is -0.464 e. The number of hydrogen-bond donors (Lipinski definition) is 0. The van der Waals surface area contributed by atoms with Crippen LogP contribution in [0.3, 0.4) is 0 Å². The van der Waals surface area contributed by atoms with Crippen LogP contribution in [0.1, 0.15) is 27.2 Å². The third-order valence-electron chi connectivity index (χ3n) is 2.75. The van der Waals surface area contributed by atoms with E-state index in [0.717, 1.165) is 16.8 Å². The fourth-order valence-corrected chi connectivity index (χ4v) is 2.10. The summed E-state index contributed by atoms with van der Waals surface area (Å²) in [4.78, 5) is 11.3. The highest BCUT2D eigenvalue weighted by atomic mass is 16.5. The van der Waals surface area contributed by atoms with Crippen LogP contribution >= 0.6 is 0 Å². The lowest BCUT2D eigenvalue weighted by molar-refractivity contribution is 0.0594. The summed E-state index contributed by atoms with van der Waals surface area (Å²) in [7, 11) is 1.32. The van der Waals surface area contributed by atoms with Crippen molar-refractivity contribution in [1.29, 1.82) is 0 Å². The first-order valence-corrected chi connectivity index (χ1v) is 5.62. The van der Waals surface area contributed by atoms with Gasteiger partial charge in [0.1, 0.15) is 0 Å². The molecule has 0 spiro atoms. The second kappa shape index (κ2) is 4.60. The molecule has 0 N–H and O–H groups in total. The van der Waals surface area contributed by atoms with Crippen molar-refractivity contribution in [3.8, 4) is 5.69 Å². The standard InChI is InChI=1S/C13H15N3O2/c1-8-5-9(2)12(10(3)6-8)16-7-11(14-15-16)13(17)18-4/h5-7H,1-4H3. The lowest BCUT2D eigenvalue weighted by Crippen LogP contribution is -2.02. The number of carbonyl (C=O) groups excluding carboxylic acids is 1. The fourth-order valence-electron chi connectivity index (χ4n) is 2.10. The highest BCUT2D eigenvalue weighted by Gasteiger charge is 2.13. The largest absolute Gasteiger partial charge is 0.464 e. The maximum Gasteiger partial charge on any atom is 0.360 e. The van der Waals surface area contributed by atoms with E-state index in [0.29, 0.717) is 0 Å². The number of methoxy groups -OCH3 is 1. The molecular weight excluding hydrogens is 230 g/mol. The van der Waals surface area contributed by atoms with Gasteiger partial charge < -0.3 is 4.74 Å². The Balaban J connectivity index is 2.49. The fraction of sp³-hybridized carbons (Fsp3) is 0.308. The zero-order valence-electron chi connectivity index (χ0n) is 10.9. The highest BCUT2D eigenvalue weighted by Crippen LogP contribution is 2.20. The summed E-state index contributed by atoms with van der Waals surface area (Å²) in [5.74, 6) is -0.483. The van der Waals surface area contributed by atoms with Crippen molar-refractivity contribution >= 4 is 5.97 Å². The Hall–Kier alpha value is -2.17. The van der Waals surface area contributed by atoms with Crippen LogP contribution in [-0.4, -0.2) is 28.1 Å². The topological polar surface area (TPSA) is 57.0 Å². The molecule has 0 amide bonds. The van der Waals surface area contributed by atoms with Crippen LogP contribution in [0.15, 0.2) is 18.3 Å². The maximum atomic E-state index is 11.3. The van der Waals surface area contributed by atoms with Crippen molar-refractivity contribution in [2.75, 3.05) is 7.11 Å². The van der Waals surface area contributed by atoms with Crippen molar-refractivity contribution in [2.24, 2.45) is 0 Å². The Morgan fingerprint density at radius 1 is 1.22 bits per heavy atom. The number of aryl methyl sites for hydroxylation is 3. The number of rotatable bonds is 2. The summed E-state index contributed by atoms with van der Waals surface area (Å²) >= 11 is 0. The maximum absolute atomic E-state index is 11.3. The number of hydrogen-bond acceptors (Lipinski definition) is 4. The number of nitrogens with zero attached hydrogens (tertiary/aromatic N) is 3. The SMILES string of the molecule is COC(=O)c1cn(-c2c(C)cc(C)cc2C)nn1. The average Bonchev–Trinajstić information content (AvgIpc) is 2.76. The lowest BCUT2D eigenvalue weighted by atomic mass is 10.1. The van der Waals surface area contributed by atoms with Crippen LogP contribution in [0.25, 0.3) is 5.69 Å². The summed E-state index contributed by atoms with van der Waals surface area (Å²) in [5, 5.41) is 7.78. The molecule has 0 aliphatic rings. The Morgan fingerprint density at radius 2 is 1.83 bits per heavy atom. The summed E-state index contributed by atoms with van der Waals surface area (Å²) < 4.78 is 6.22. The van der Waals surface area contributed by atoms with Gasteiger partial charge in [-0.25, -0.2) is 9.48 Å². The minimum absolute atomic E-state index is 0.205. The van der Waals surface area contributed by atoms with E-state index in [-0.39, 0.29) is 5.69 Å². The molecule has 18 heavy (non-hydrogen) atoms. The Kier molecular flexibility index (Phi) is 3.14. The second-order valence-electron chi connectivity index (χ2n) is 4.29. The molecule has 0 unspecified atom stereocenters. The summed E-state index contributed by atoms with van der Waals surface area (Å²) in [6.45, 7) is 6.06. The van der Waals surface area contributed by atoms with E-state index in [9.17, 15) is 4.79 Å². The third kappa shape index (κ3) is 2.11. The van der Waals surface area contributed by atoms with E-state index in [4.69, 9.17) is 0 Å². The molecule has 94 valence electrons. The van der Waals surface area contributed by atoms with Gasteiger partial charge in [-0.15, -0.1) is 5.10 Å². The predicted octanol–water partition coefficient (Wildman–Crippen LogP) is 1.98. The van der Waals surface area contributed by atoms with E-state index in [1.54, 1.807) is 10.9 Å². The van der Waals surface area contributed by atoms with Crippen LogP contribution in [0.2, 0.25) is 0 Å². The lowest BCUT2D eigenvalue weighted by Gasteiger charge is -2.10. The first-order valence-electron chi connectivity index (χ1n) is 5.62. The molecule has 0 saturated carbocycles. The molecule has 5 heteroatoms. The van der Waals surface area contributed by atoms with Gasteiger partial charge in [-0.1, -0.05) is 22.9 Å². The molecule has 1 aromatic carbocycles. The molecule has 0 aliphatic heterocycles. The zero-order valence-corrected chi connectivity index (χ0v) is 10.9. The molecule has 0 radical (unpaired) electrons. The average molecular weight is 245 g/mol. The van der Waals surface area contributed by atoms with Crippen molar-refractivity contribution in [3.63, 3.8) is 0 Å². The van der Waals surface area contributed by atoms with Crippen LogP contribution < -0.4 is 0 Å². The van der Waals surface area contributed by atoms with Gasteiger partial charge in [0.05, 0.1) is 19.0 Å². The number of carbonyl (C=O) groups is 1. The van der Waals surface area contributed by atoms with Gasteiger partial charge in [0.25, 0.3) is 0 Å². The molecular formula is C13H15N3O2. The van der Waals surface area contributed by atoms with Gasteiger partial charge in [-0.2, -0.15) is 0 Å². The van der Waals surface area contributed by atoms with Gasteiger partial charge in [0.2, 0.25) is 0 Å². The number of aromatic nitrogens is 3. The normalized spacial score (nSPS) is 10.4. The Bertz CT molecular complexity index is 579. The van der Waals surface area contributed by atoms with Crippen molar-refractivity contribution in [1.82, 2.24) is 15.0 Å². The van der Waals surface area contributed by atoms with Crippen molar-refractivity contribution < 1.29 is 9.53 Å². The predicted molar refractivity (Wildman–Crippen MR) is 66.9 cm³/mol. The minimum atomic E-state index is -0.483. The molecule has 1 heterocycles. The molecule has 0 bridgehead atoms. The number of esters is 1. The van der Waals surface area contributed by atoms with Gasteiger partial charge in [-0.3, -0.25) is 0 Å². The molecule has 0 atom stereocenters. The molecule has 0 aliphatic carbocycles. The van der Waals surface area contributed by atoms with Gasteiger partial charge in [0.15, 0.2) is 5.69 Å². The molecule has 5 nitrogen and oxygen atoms in total. The monoisotopic (exact) mass is 245 g/mol. The first kappa shape index (κ1) is 12.3. The molecule has 2 rings (SSSR count). The van der Waals surface area contributed by atoms with Gasteiger partial charge in [0, 0.05) is 0 Å². The van der Waals surface area contributed by atoms with E-state index in [2.05, 4.69) is 27.2 Å². The van der Waals surface area contributed by atoms with Crippen LogP contribution in [-0.2, 0) is 4.74 Å². The summed E-state index contributed by atoms with van der Waals surface area (Å²) in [6, 6.07) is 4.14. The summed E-state index contributed by atoms with van der Waals surface area (Å²) in [5.41, 5.74) is 4.53.